The Kier molecular flexibility index (Phi) is 4.75. The molecule has 0 atom stereocenters. The molecule has 0 spiro atoms. The average molecular weight is 284 g/mol. The SMILES string of the molecule is C/C(O)=C(\C#N)C(=O)Nc1ccc(CC(F)(F)F)cc1. The standard InChI is InChI=1S/C13H11F3N2O2/c1-8(19)11(7-17)12(20)18-10-4-2-9(3-5-10)6-13(14,15)16/h2-5,19H,6H2,1H3,(H,18,20)/b11-8-. The summed E-state index contributed by atoms with van der Waals surface area (Å²) < 4.78 is 36.5. The summed E-state index contributed by atoms with van der Waals surface area (Å²) in [6.07, 6.45) is -5.35. The van der Waals surface area contributed by atoms with E-state index in [0.29, 0.717) is 0 Å². The Hall–Kier alpha value is -2.49. The molecule has 20 heavy (non-hydrogen) atoms. The highest BCUT2D eigenvalue weighted by molar-refractivity contribution is 6.06. The van der Waals surface area contributed by atoms with Crippen molar-refractivity contribution < 1.29 is 23.1 Å². The van der Waals surface area contributed by atoms with Gasteiger partial charge < -0.3 is 10.4 Å². The lowest BCUT2D eigenvalue weighted by atomic mass is 10.1. The zero-order valence-electron chi connectivity index (χ0n) is 10.5. The molecule has 0 saturated carbocycles. The highest BCUT2D eigenvalue weighted by atomic mass is 19.4. The summed E-state index contributed by atoms with van der Waals surface area (Å²) in [5.74, 6) is -1.25. The normalized spacial score (nSPS) is 12.3. The van der Waals surface area contributed by atoms with Crippen LogP contribution in [0.25, 0.3) is 0 Å². The molecule has 1 amide bonds. The average Bonchev–Trinajstić information content (AvgIpc) is 2.30. The molecular formula is C13H11F3N2O2. The van der Waals surface area contributed by atoms with Gasteiger partial charge in [0, 0.05) is 5.69 Å². The van der Waals surface area contributed by atoms with Crippen molar-refractivity contribution in [1.82, 2.24) is 0 Å². The number of nitrogens with one attached hydrogen (secondary N) is 1. The smallest absolute Gasteiger partial charge is 0.393 e. The second kappa shape index (κ2) is 6.10. The molecule has 0 aliphatic heterocycles. The van der Waals surface area contributed by atoms with Crippen LogP contribution < -0.4 is 5.32 Å². The van der Waals surface area contributed by atoms with Crippen molar-refractivity contribution in [1.29, 1.82) is 5.26 Å². The molecule has 0 unspecified atom stereocenters. The molecule has 0 heterocycles. The highest BCUT2D eigenvalue weighted by Crippen LogP contribution is 2.22. The summed E-state index contributed by atoms with van der Waals surface area (Å²) in [4.78, 5) is 11.6. The summed E-state index contributed by atoms with van der Waals surface area (Å²) in [7, 11) is 0. The third-order valence-corrected chi connectivity index (χ3v) is 2.32. The molecule has 4 nitrogen and oxygen atoms in total. The quantitative estimate of drug-likeness (QED) is 0.509. The van der Waals surface area contributed by atoms with Crippen LogP contribution in [-0.2, 0) is 11.2 Å². The summed E-state index contributed by atoms with van der Waals surface area (Å²) in [5, 5.41) is 20.1. The van der Waals surface area contributed by atoms with E-state index in [1.807, 2.05) is 0 Å². The topological polar surface area (TPSA) is 73.1 Å². The number of halogens is 3. The number of benzene rings is 1. The molecule has 0 fully saturated rings. The van der Waals surface area contributed by atoms with Gasteiger partial charge >= 0.3 is 6.18 Å². The minimum absolute atomic E-state index is 0.0601. The Morgan fingerprint density at radius 3 is 2.30 bits per heavy atom. The van der Waals surface area contributed by atoms with Gasteiger partial charge in [-0.25, -0.2) is 0 Å². The number of alkyl halides is 3. The van der Waals surface area contributed by atoms with E-state index in [2.05, 4.69) is 5.32 Å². The van der Waals surface area contributed by atoms with E-state index in [-0.39, 0.29) is 11.3 Å². The predicted molar refractivity (Wildman–Crippen MR) is 65.8 cm³/mol. The Morgan fingerprint density at radius 1 is 1.35 bits per heavy atom. The van der Waals surface area contributed by atoms with Crippen molar-refractivity contribution in [2.24, 2.45) is 0 Å². The summed E-state index contributed by atoms with van der Waals surface area (Å²) in [6, 6.07) is 6.57. The van der Waals surface area contributed by atoms with Gasteiger partial charge in [0.2, 0.25) is 0 Å². The van der Waals surface area contributed by atoms with Crippen LogP contribution in [0.15, 0.2) is 35.6 Å². The molecule has 0 aromatic heterocycles. The maximum Gasteiger partial charge on any atom is 0.393 e. The van der Waals surface area contributed by atoms with Crippen LogP contribution in [0.2, 0.25) is 0 Å². The third kappa shape index (κ3) is 4.65. The van der Waals surface area contributed by atoms with Gasteiger partial charge in [-0.1, -0.05) is 12.1 Å². The molecule has 0 aliphatic carbocycles. The van der Waals surface area contributed by atoms with E-state index >= 15 is 0 Å². The van der Waals surface area contributed by atoms with Crippen molar-refractivity contribution in [3.05, 3.63) is 41.2 Å². The number of anilines is 1. The van der Waals surface area contributed by atoms with Gasteiger partial charge in [-0.05, 0) is 24.6 Å². The number of carbonyl (C=O) groups is 1. The van der Waals surface area contributed by atoms with Gasteiger partial charge in [-0.15, -0.1) is 0 Å². The number of amides is 1. The van der Waals surface area contributed by atoms with Gasteiger partial charge in [0.05, 0.1) is 6.42 Å². The van der Waals surface area contributed by atoms with Crippen LogP contribution in [0.5, 0.6) is 0 Å². The molecule has 0 aliphatic rings. The Bertz CT molecular complexity index is 565. The molecule has 1 aromatic rings. The number of aliphatic hydroxyl groups is 1. The molecule has 7 heteroatoms. The largest absolute Gasteiger partial charge is 0.511 e. The van der Waals surface area contributed by atoms with Crippen LogP contribution in [0.3, 0.4) is 0 Å². The Morgan fingerprint density at radius 2 is 1.90 bits per heavy atom. The zero-order valence-corrected chi connectivity index (χ0v) is 10.5. The van der Waals surface area contributed by atoms with Crippen LogP contribution in [0, 0.1) is 11.3 Å². The second-order valence-corrected chi connectivity index (χ2v) is 4.02. The molecule has 0 saturated heterocycles. The molecule has 2 N–H and O–H groups in total. The molecule has 1 aromatic carbocycles. The first kappa shape index (κ1) is 15.6. The van der Waals surface area contributed by atoms with Crippen molar-refractivity contribution in [2.45, 2.75) is 19.5 Å². The number of allylic oxidation sites excluding steroid dienone is 1. The minimum Gasteiger partial charge on any atom is -0.511 e. The van der Waals surface area contributed by atoms with Gasteiger partial charge in [0.1, 0.15) is 11.8 Å². The third-order valence-electron chi connectivity index (χ3n) is 2.32. The number of nitrogens with zero attached hydrogens (tertiary/aromatic N) is 1. The maximum atomic E-state index is 12.2. The number of hydrogen-bond donors (Lipinski definition) is 2. The summed E-state index contributed by atoms with van der Waals surface area (Å²) in [6.45, 7) is 1.19. The molecule has 1 rings (SSSR count). The van der Waals surface area contributed by atoms with Crippen LogP contribution in [0.1, 0.15) is 12.5 Å². The fourth-order valence-corrected chi connectivity index (χ4v) is 1.43. The number of carbonyl (C=O) groups excluding carboxylic acids is 1. The summed E-state index contributed by atoms with van der Waals surface area (Å²) >= 11 is 0. The van der Waals surface area contributed by atoms with E-state index in [1.165, 1.54) is 37.3 Å². The number of rotatable bonds is 3. The van der Waals surface area contributed by atoms with E-state index in [0.717, 1.165) is 0 Å². The Balaban J connectivity index is 2.79. The van der Waals surface area contributed by atoms with Gasteiger partial charge in [0.15, 0.2) is 5.57 Å². The van der Waals surface area contributed by atoms with E-state index < -0.39 is 29.8 Å². The fourth-order valence-electron chi connectivity index (χ4n) is 1.43. The predicted octanol–water partition coefficient (Wildman–Crippen LogP) is 3.09. The van der Waals surface area contributed by atoms with E-state index in [4.69, 9.17) is 10.4 Å². The van der Waals surface area contributed by atoms with E-state index in [9.17, 15) is 18.0 Å². The second-order valence-electron chi connectivity index (χ2n) is 4.02. The van der Waals surface area contributed by atoms with Crippen molar-refractivity contribution in [2.75, 3.05) is 5.32 Å². The van der Waals surface area contributed by atoms with Crippen LogP contribution in [-0.4, -0.2) is 17.2 Å². The van der Waals surface area contributed by atoms with Crippen molar-refractivity contribution >= 4 is 11.6 Å². The monoisotopic (exact) mass is 284 g/mol. The molecule has 0 bridgehead atoms. The first-order valence-corrected chi connectivity index (χ1v) is 5.50. The lowest BCUT2D eigenvalue weighted by molar-refractivity contribution is -0.127. The lowest BCUT2D eigenvalue weighted by Gasteiger charge is -2.08. The highest BCUT2D eigenvalue weighted by Gasteiger charge is 2.27. The van der Waals surface area contributed by atoms with Gasteiger partial charge in [-0.3, -0.25) is 4.79 Å². The maximum absolute atomic E-state index is 12.2. The van der Waals surface area contributed by atoms with Crippen molar-refractivity contribution in [3.8, 4) is 6.07 Å². The van der Waals surface area contributed by atoms with Gasteiger partial charge in [0.25, 0.3) is 5.91 Å². The van der Waals surface area contributed by atoms with Gasteiger partial charge in [-0.2, -0.15) is 18.4 Å². The van der Waals surface area contributed by atoms with Crippen LogP contribution in [0.4, 0.5) is 18.9 Å². The Labute approximate surface area is 113 Å². The van der Waals surface area contributed by atoms with Crippen molar-refractivity contribution in [3.63, 3.8) is 0 Å². The zero-order chi connectivity index (χ0) is 15.3. The molecular weight excluding hydrogens is 273 g/mol. The van der Waals surface area contributed by atoms with E-state index in [1.54, 1.807) is 0 Å². The first-order chi connectivity index (χ1) is 9.23. The number of aliphatic hydroxyl groups excluding tert-OH is 1. The molecule has 106 valence electrons. The summed E-state index contributed by atoms with van der Waals surface area (Å²) in [5.41, 5.74) is -0.163. The number of nitriles is 1. The molecule has 0 radical (unpaired) electrons. The lowest BCUT2D eigenvalue weighted by Crippen LogP contribution is -2.15. The van der Waals surface area contributed by atoms with Crippen LogP contribution >= 0.6 is 0 Å². The fraction of sp³-hybridized carbons (Fsp3) is 0.231. The number of hydrogen-bond acceptors (Lipinski definition) is 3. The minimum atomic E-state index is -4.30. The first-order valence-electron chi connectivity index (χ1n) is 5.50.